The number of hydrogen-bond donors (Lipinski definition) is 2. The molecular weight excluding hydrogens is 268 g/mol. The van der Waals surface area contributed by atoms with Crippen molar-refractivity contribution in [3.05, 3.63) is 48.2 Å². The number of aromatic nitrogens is 1. The van der Waals surface area contributed by atoms with Gasteiger partial charge in [0.2, 0.25) is 5.91 Å². The van der Waals surface area contributed by atoms with E-state index in [9.17, 15) is 13.6 Å². The number of carbonyl (C=O) groups excluding carboxylic acids is 1. The third kappa shape index (κ3) is 2.89. The van der Waals surface area contributed by atoms with Gasteiger partial charge in [-0.1, -0.05) is 0 Å². The van der Waals surface area contributed by atoms with Gasteiger partial charge in [-0.05, 0) is 18.2 Å². The molecule has 2 rings (SSSR count). The summed E-state index contributed by atoms with van der Waals surface area (Å²) in [7, 11) is 0. The maximum absolute atomic E-state index is 13.3. The summed E-state index contributed by atoms with van der Waals surface area (Å²) in [6, 6.07) is 5.58. The summed E-state index contributed by atoms with van der Waals surface area (Å²) in [4.78, 5) is 16.7. The van der Waals surface area contributed by atoms with Crippen LogP contribution in [0.3, 0.4) is 0 Å². The summed E-state index contributed by atoms with van der Waals surface area (Å²) in [5, 5.41) is 8.84. The molecule has 1 heterocycles. The molecule has 0 unspecified atom stereocenters. The zero-order valence-electron chi connectivity index (χ0n) is 10.5. The number of rotatable bonds is 3. The fraction of sp³-hybridized carbons (Fsp3) is 0.0769. The van der Waals surface area contributed by atoms with Crippen LogP contribution in [0.1, 0.15) is 6.92 Å². The van der Waals surface area contributed by atoms with Crippen LogP contribution in [0.4, 0.5) is 26.0 Å². The lowest BCUT2D eigenvalue weighted by molar-refractivity contribution is -0.115. The highest BCUT2D eigenvalue weighted by Crippen LogP contribution is 2.27. The third-order valence-corrected chi connectivity index (χ3v) is 2.52. The molecule has 0 atom stereocenters. The Morgan fingerprint density at radius 1 is 1.25 bits per heavy atom. The van der Waals surface area contributed by atoms with Gasteiger partial charge in [0.1, 0.15) is 17.5 Å². The molecule has 0 spiro atoms. The van der Waals surface area contributed by atoms with Gasteiger partial charge in [0.25, 0.3) is 0 Å². The summed E-state index contributed by atoms with van der Waals surface area (Å²) in [5.41, 5.74) is 2.21. The standard InChI is InChI=1S/C13H11F2N3O2/c1-8(19)18(12-5-9(14)4-10(15)6-12)13-7-11(17-20)2-3-16-13/h2-7,20H,1H3,(H,16,17). The van der Waals surface area contributed by atoms with Gasteiger partial charge >= 0.3 is 0 Å². The molecule has 2 aromatic rings. The van der Waals surface area contributed by atoms with E-state index in [-0.39, 0.29) is 17.2 Å². The van der Waals surface area contributed by atoms with Crippen LogP contribution in [0.2, 0.25) is 0 Å². The smallest absolute Gasteiger partial charge is 0.229 e. The SMILES string of the molecule is CC(=O)N(c1cc(F)cc(F)c1)c1cc(NO)ccn1. The molecule has 0 saturated carbocycles. The summed E-state index contributed by atoms with van der Waals surface area (Å²) in [6.45, 7) is 1.24. The number of carbonyl (C=O) groups is 1. The van der Waals surface area contributed by atoms with Crippen molar-refractivity contribution in [1.29, 1.82) is 0 Å². The van der Waals surface area contributed by atoms with Gasteiger partial charge in [0.15, 0.2) is 0 Å². The molecule has 0 aliphatic heterocycles. The van der Waals surface area contributed by atoms with Gasteiger partial charge in [-0.25, -0.2) is 13.8 Å². The lowest BCUT2D eigenvalue weighted by atomic mass is 10.2. The average molecular weight is 279 g/mol. The van der Waals surface area contributed by atoms with E-state index in [4.69, 9.17) is 5.21 Å². The quantitative estimate of drug-likeness (QED) is 0.848. The number of benzene rings is 1. The molecule has 0 aliphatic carbocycles. The first-order chi connectivity index (χ1) is 9.51. The minimum Gasteiger partial charge on any atom is -0.291 e. The second-order valence-corrected chi connectivity index (χ2v) is 4.00. The minimum absolute atomic E-state index is 0.0117. The number of nitrogens with one attached hydrogen (secondary N) is 1. The molecule has 0 saturated heterocycles. The summed E-state index contributed by atoms with van der Waals surface area (Å²) < 4.78 is 26.5. The van der Waals surface area contributed by atoms with Crippen LogP contribution in [0.5, 0.6) is 0 Å². The largest absolute Gasteiger partial charge is 0.291 e. The fourth-order valence-electron chi connectivity index (χ4n) is 1.75. The van der Waals surface area contributed by atoms with Crippen molar-refractivity contribution >= 4 is 23.1 Å². The summed E-state index contributed by atoms with van der Waals surface area (Å²) in [6.07, 6.45) is 1.35. The first kappa shape index (κ1) is 13.9. The van der Waals surface area contributed by atoms with Crippen LogP contribution in [0.25, 0.3) is 0 Å². The van der Waals surface area contributed by atoms with Crippen molar-refractivity contribution in [2.24, 2.45) is 0 Å². The predicted molar refractivity (Wildman–Crippen MR) is 68.8 cm³/mol. The molecule has 2 N–H and O–H groups in total. The van der Waals surface area contributed by atoms with Crippen LogP contribution in [0.15, 0.2) is 36.5 Å². The van der Waals surface area contributed by atoms with Crippen molar-refractivity contribution in [2.45, 2.75) is 6.92 Å². The molecule has 7 heteroatoms. The Morgan fingerprint density at radius 3 is 2.45 bits per heavy atom. The minimum atomic E-state index is -0.803. The Kier molecular flexibility index (Phi) is 3.90. The highest BCUT2D eigenvalue weighted by Gasteiger charge is 2.17. The van der Waals surface area contributed by atoms with E-state index in [1.54, 1.807) is 0 Å². The van der Waals surface area contributed by atoms with E-state index in [0.29, 0.717) is 6.07 Å². The van der Waals surface area contributed by atoms with Crippen LogP contribution in [-0.4, -0.2) is 16.1 Å². The van der Waals surface area contributed by atoms with Crippen LogP contribution < -0.4 is 10.4 Å². The molecule has 0 radical (unpaired) electrons. The van der Waals surface area contributed by atoms with Crippen LogP contribution >= 0.6 is 0 Å². The van der Waals surface area contributed by atoms with Crippen molar-refractivity contribution in [3.8, 4) is 0 Å². The molecule has 1 aromatic carbocycles. The predicted octanol–water partition coefficient (Wildman–Crippen LogP) is 2.85. The molecule has 1 aromatic heterocycles. The van der Waals surface area contributed by atoms with E-state index in [1.165, 1.54) is 25.3 Å². The molecule has 1 amide bonds. The number of nitrogens with zero attached hydrogens (tertiary/aromatic N) is 2. The third-order valence-electron chi connectivity index (χ3n) is 2.52. The first-order valence-electron chi connectivity index (χ1n) is 5.64. The van der Waals surface area contributed by atoms with Crippen molar-refractivity contribution in [3.63, 3.8) is 0 Å². The van der Waals surface area contributed by atoms with E-state index in [1.807, 2.05) is 5.48 Å². The molecule has 20 heavy (non-hydrogen) atoms. The Morgan fingerprint density at radius 2 is 1.90 bits per heavy atom. The summed E-state index contributed by atoms with van der Waals surface area (Å²) >= 11 is 0. The lowest BCUT2D eigenvalue weighted by Gasteiger charge is -2.20. The zero-order valence-corrected chi connectivity index (χ0v) is 10.5. The Labute approximate surface area is 113 Å². The maximum Gasteiger partial charge on any atom is 0.229 e. The summed E-state index contributed by atoms with van der Waals surface area (Å²) in [5.74, 6) is -1.95. The van der Waals surface area contributed by atoms with Gasteiger partial charge in [-0.3, -0.25) is 20.4 Å². The number of halogens is 2. The van der Waals surface area contributed by atoms with Crippen LogP contribution in [0, 0.1) is 11.6 Å². The average Bonchev–Trinajstić information content (AvgIpc) is 2.37. The highest BCUT2D eigenvalue weighted by molar-refractivity contribution is 5.98. The van der Waals surface area contributed by atoms with Gasteiger partial charge in [0, 0.05) is 25.3 Å². The second-order valence-electron chi connectivity index (χ2n) is 4.00. The second kappa shape index (κ2) is 5.62. The van der Waals surface area contributed by atoms with E-state index < -0.39 is 17.5 Å². The molecule has 0 fully saturated rings. The topological polar surface area (TPSA) is 65.5 Å². The Balaban J connectivity index is 2.53. The lowest BCUT2D eigenvalue weighted by Crippen LogP contribution is -2.24. The van der Waals surface area contributed by atoms with E-state index in [2.05, 4.69) is 4.98 Å². The molecule has 5 nitrogen and oxygen atoms in total. The van der Waals surface area contributed by atoms with Gasteiger partial charge in [0.05, 0.1) is 11.4 Å². The van der Waals surface area contributed by atoms with Crippen LogP contribution in [-0.2, 0) is 4.79 Å². The van der Waals surface area contributed by atoms with Gasteiger partial charge in [-0.2, -0.15) is 0 Å². The Hall–Kier alpha value is -2.54. The monoisotopic (exact) mass is 279 g/mol. The number of anilines is 3. The first-order valence-corrected chi connectivity index (χ1v) is 5.64. The van der Waals surface area contributed by atoms with Gasteiger partial charge in [-0.15, -0.1) is 0 Å². The maximum atomic E-state index is 13.3. The zero-order chi connectivity index (χ0) is 14.7. The molecular formula is C13H11F2N3O2. The van der Waals surface area contributed by atoms with E-state index in [0.717, 1.165) is 17.0 Å². The van der Waals surface area contributed by atoms with Crippen molar-refractivity contribution in [1.82, 2.24) is 4.98 Å². The van der Waals surface area contributed by atoms with Crippen molar-refractivity contribution in [2.75, 3.05) is 10.4 Å². The Bertz CT molecular complexity index is 629. The van der Waals surface area contributed by atoms with Gasteiger partial charge < -0.3 is 0 Å². The number of amides is 1. The molecule has 0 aliphatic rings. The highest BCUT2D eigenvalue weighted by atomic mass is 19.1. The number of pyridine rings is 1. The van der Waals surface area contributed by atoms with Crippen molar-refractivity contribution < 1.29 is 18.8 Å². The van der Waals surface area contributed by atoms with E-state index >= 15 is 0 Å². The molecule has 0 bridgehead atoms. The number of hydrogen-bond acceptors (Lipinski definition) is 4. The normalized spacial score (nSPS) is 10.2. The fourth-order valence-corrected chi connectivity index (χ4v) is 1.75. The molecule has 104 valence electrons.